The van der Waals surface area contributed by atoms with E-state index in [0.717, 1.165) is 44.7 Å². The molecule has 6 nitrogen and oxygen atoms in total. The third-order valence-corrected chi connectivity index (χ3v) is 6.81. The Morgan fingerprint density at radius 3 is 2.93 bits per heavy atom. The fourth-order valence-electron chi connectivity index (χ4n) is 4.61. The van der Waals surface area contributed by atoms with Crippen LogP contribution in [-0.4, -0.2) is 40.5 Å². The van der Waals surface area contributed by atoms with Gasteiger partial charge in [-0.1, -0.05) is 18.2 Å². The maximum absolute atomic E-state index is 12.7. The van der Waals surface area contributed by atoms with Gasteiger partial charge in [0.1, 0.15) is 5.60 Å². The number of fused-ring (bicyclic) bond motifs is 4. The molecule has 0 radical (unpaired) electrons. The monoisotopic (exact) mass is 396 g/mol. The minimum Gasteiger partial charge on any atom is -0.375 e. The van der Waals surface area contributed by atoms with Crippen molar-refractivity contribution in [2.45, 2.75) is 37.7 Å². The molecule has 2 aromatic heterocycles. The minimum atomic E-state index is -0.285. The highest BCUT2D eigenvalue weighted by Gasteiger charge is 2.43. The molecule has 0 aliphatic carbocycles. The van der Waals surface area contributed by atoms with E-state index in [-0.39, 0.29) is 11.5 Å². The van der Waals surface area contributed by atoms with E-state index < -0.39 is 0 Å². The highest BCUT2D eigenvalue weighted by molar-refractivity contribution is 7.13. The third kappa shape index (κ3) is 2.99. The number of carbonyl (C=O) groups excluding carboxylic acids is 1. The molecule has 0 unspecified atom stereocenters. The fourth-order valence-corrected chi connectivity index (χ4v) is 5.21. The number of likely N-dealkylation sites (tertiary alicyclic amines) is 1. The van der Waals surface area contributed by atoms with Crippen LogP contribution < -0.4 is 5.73 Å². The molecule has 2 aliphatic heterocycles. The number of nitrogen functional groups attached to an aromatic ring is 1. The Labute approximate surface area is 167 Å². The van der Waals surface area contributed by atoms with E-state index in [2.05, 4.69) is 34.2 Å². The summed E-state index contributed by atoms with van der Waals surface area (Å²) >= 11 is 1.42. The highest BCUT2D eigenvalue weighted by Crippen LogP contribution is 2.43. The number of nitrogens with one attached hydrogen (secondary N) is 1. The Kier molecular flexibility index (Phi) is 4.36. The number of nitrogens with zero attached hydrogens (tertiary/aromatic N) is 2. The van der Waals surface area contributed by atoms with Crippen LogP contribution in [0.15, 0.2) is 29.6 Å². The van der Waals surface area contributed by atoms with Crippen LogP contribution in [0.2, 0.25) is 0 Å². The first-order chi connectivity index (χ1) is 13.6. The van der Waals surface area contributed by atoms with Crippen molar-refractivity contribution in [1.82, 2.24) is 14.9 Å². The molecule has 1 spiro atoms. The zero-order valence-electron chi connectivity index (χ0n) is 15.7. The number of H-pyrrole nitrogens is 1. The highest BCUT2D eigenvalue weighted by atomic mass is 32.1. The third-order valence-electron chi connectivity index (χ3n) is 6.09. The summed E-state index contributed by atoms with van der Waals surface area (Å²) in [5.41, 5.74) is 10.1. The lowest BCUT2D eigenvalue weighted by molar-refractivity contribution is -0.141. The second-order valence-corrected chi connectivity index (χ2v) is 8.56. The van der Waals surface area contributed by atoms with Crippen molar-refractivity contribution in [2.24, 2.45) is 0 Å². The van der Waals surface area contributed by atoms with E-state index in [0.29, 0.717) is 18.0 Å². The number of rotatable bonds is 3. The largest absolute Gasteiger partial charge is 0.375 e. The topological polar surface area (TPSA) is 84.2 Å². The number of aryl methyl sites for hydroxylation is 1. The molecule has 1 saturated heterocycles. The van der Waals surface area contributed by atoms with Crippen LogP contribution in [0.25, 0.3) is 10.9 Å². The number of thiazole rings is 1. The molecular weight excluding hydrogens is 372 g/mol. The average Bonchev–Trinajstić information content (AvgIpc) is 3.31. The number of ether oxygens (including phenoxy) is 1. The zero-order valence-corrected chi connectivity index (χ0v) is 16.6. The second kappa shape index (κ2) is 6.90. The molecule has 2 aliphatic rings. The quantitative estimate of drug-likeness (QED) is 0.712. The van der Waals surface area contributed by atoms with Crippen LogP contribution >= 0.6 is 11.3 Å². The van der Waals surface area contributed by atoms with Crippen LogP contribution in [0.5, 0.6) is 0 Å². The van der Waals surface area contributed by atoms with Gasteiger partial charge in [-0.25, -0.2) is 4.98 Å². The number of benzene rings is 1. The second-order valence-electron chi connectivity index (χ2n) is 7.67. The van der Waals surface area contributed by atoms with Crippen molar-refractivity contribution in [3.05, 3.63) is 46.6 Å². The summed E-state index contributed by atoms with van der Waals surface area (Å²) in [6.07, 6.45) is 3.75. The molecule has 0 bridgehead atoms. The zero-order chi connectivity index (χ0) is 19.1. The molecule has 1 fully saturated rings. The van der Waals surface area contributed by atoms with Crippen LogP contribution in [0.4, 0.5) is 5.13 Å². The van der Waals surface area contributed by atoms with Gasteiger partial charge in [-0.15, -0.1) is 11.3 Å². The first-order valence-electron chi connectivity index (χ1n) is 9.86. The Morgan fingerprint density at radius 1 is 1.32 bits per heavy atom. The van der Waals surface area contributed by atoms with Crippen molar-refractivity contribution >= 4 is 33.3 Å². The number of hydrogen-bond donors (Lipinski definition) is 2. The lowest BCUT2D eigenvalue weighted by Crippen LogP contribution is -2.48. The SMILES string of the molecule is Nc1nc(CCC(=O)N2CCC3(CC2)OCCc2c3[nH]c3ccccc23)cs1. The molecule has 3 N–H and O–H groups in total. The summed E-state index contributed by atoms with van der Waals surface area (Å²) in [4.78, 5) is 22.5. The number of aromatic nitrogens is 2. The molecule has 146 valence electrons. The lowest BCUT2D eigenvalue weighted by Gasteiger charge is -2.43. The van der Waals surface area contributed by atoms with Crippen molar-refractivity contribution < 1.29 is 9.53 Å². The molecule has 7 heteroatoms. The smallest absolute Gasteiger partial charge is 0.222 e. The normalized spacial score (nSPS) is 18.5. The Balaban J connectivity index is 1.29. The number of nitrogens with two attached hydrogens (primary N) is 1. The van der Waals surface area contributed by atoms with Crippen LogP contribution in [0.1, 0.15) is 36.2 Å². The molecular formula is C21H24N4O2S. The van der Waals surface area contributed by atoms with Crippen molar-refractivity contribution in [3.8, 4) is 0 Å². The van der Waals surface area contributed by atoms with Crippen LogP contribution in [0, 0.1) is 0 Å². The molecule has 3 aromatic rings. The predicted octanol–water partition coefficient (Wildman–Crippen LogP) is 3.23. The van der Waals surface area contributed by atoms with Crippen LogP contribution in [0.3, 0.4) is 0 Å². The van der Waals surface area contributed by atoms with Gasteiger partial charge in [0.05, 0.1) is 18.0 Å². The predicted molar refractivity (Wildman–Crippen MR) is 110 cm³/mol. The lowest BCUT2D eigenvalue weighted by atomic mass is 9.83. The molecule has 5 rings (SSSR count). The summed E-state index contributed by atoms with van der Waals surface area (Å²) in [6.45, 7) is 2.20. The summed E-state index contributed by atoms with van der Waals surface area (Å²) in [6, 6.07) is 8.48. The number of anilines is 1. The van der Waals surface area contributed by atoms with Crippen molar-refractivity contribution in [1.29, 1.82) is 0 Å². The standard InChI is InChI=1S/C21H24N4O2S/c22-20-23-14(13-28-20)5-6-18(26)25-10-8-21(9-11-25)19-16(7-12-27-21)15-3-1-2-4-17(15)24-19/h1-4,13,24H,5-12H2,(H2,22,23). The Hall–Kier alpha value is -2.38. The van der Waals surface area contributed by atoms with Gasteiger partial charge >= 0.3 is 0 Å². The molecule has 0 saturated carbocycles. The molecule has 4 heterocycles. The minimum absolute atomic E-state index is 0.189. The van der Waals surface area contributed by atoms with Gasteiger partial charge in [-0.05, 0) is 37.3 Å². The maximum atomic E-state index is 12.7. The Bertz CT molecular complexity index is 1020. The Morgan fingerprint density at radius 2 is 2.14 bits per heavy atom. The van der Waals surface area contributed by atoms with Gasteiger partial charge in [0.25, 0.3) is 0 Å². The van der Waals surface area contributed by atoms with E-state index in [1.807, 2.05) is 10.3 Å². The fraction of sp³-hybridized carbons (Fsp3) is 0.429. The first-order valence-corrected chi connectivity index (χ1v) is 10.7. The maximum Gasteiger partial charge on any atom is 0.222 e. The summed E-state index contributed by atoms with van der Waals surface area (Å²) in [5, 5.41) is 3.80. The van der Waals surface area contributed by atoms with Crippen LogP contribution in [-0.2, 0) is 28.0 Å². The summed E-state index contributed by atoms with van der Waals surface area (Å²) in [7, 11) is 0. The number of piperidine rings is 1. The van der Waals surface area contributed by atoms with Gasteiger partial charge < -0.3 is 20.4 Å². The van der Waals surface area contributed by atoms with E-state index in [1.165, 1.54) is 33.5 Å². The van der Waals surface area contributed by atoms with Crippen molar-refractivity contribution in [2.75, 3.05) is 25.4 Å². The average molecular weight is 397 g/mol. The number of hydrogen-bond acceptors (Lipinski definition) is 5. The molecule has 1 aromatic carbocycles. The molecule has 28 heavy (non-hydrogen) atoms. The number of carbonyl (C=O) groups is 1. The van der Waals surface area contributed by atoms with E-state index in [9.17, 15) is 4.79 Å². The van der Waals surface area contributed by atoms with Crippen molar-refractivity contribution in [3.63, 3.8) is 0 Å². The molecule has 0 atom stereocenters. The van der Waals surface area contributed by atoms with Gasteiger partial charge in [0.2, 0.25) is 5.91 Å². The van der Waals surface area contributed by atoms with E-state index >= 15 is 0 Å². The first kappa shape index (κ1) is 17.7. The number of amides is 1. The number of para-hydroxylation sites is 1. The van der Waals surface area contributed by atoms with Gasteiger partial charge in [-0.3, -0.25) is 4.79 Å². The number of aromatic amines is 1. The summed E-state index contributed by atoms with van der Waals surface area (Å²) < 4.78 is 6.33. The van der Waals surface area contributed by atoms with Gasteiger partial charge in [0.15, 0.2) is 5.13 Å². The van der Waals surface area contributed by atoms with Gasteiger partial charge in [0, 0.05) is 35.8 Å². The molecule has 1 amide bonds. The van der Waals surface area contributed by atoms with E-state index in [4.69, 9.17) is 10.5 Å². The van der Waals surface area contributed by atoms with Gasteiger partial charge in [-0.2, -0.15) is 0 Å². The van der Waals surface area contributed by atoms with E-state index in [1.54, 1.807) is 0 Å². The summed E-state index contributed by atoms with van der Waals surface area (Å²) in [5.74, 6) is 0.189.